The van der Waals surface area contributed by atoms with E-state index in [2.05, 4.69) is 0 Å². The maximum Gasteiger partial charge on any atom is 0.254 e. The van der Waals surface area contributed by atoms with Crippen LogP contribution in [-0.4, -0.2) is 22.9 Å². The van der Waals surface area contributed by atoms with Gasteiger partial charge in [0.2, 0.25) is 0 Å². The van der Waals surface area contributed by atoms with Gasteiger partial charge in [-0.25, -0.2) is 0 Å². The zero-order valence-electron chi connectivity index (χ0n) is 13.3. The van der Waals surface area contributed by atoms with Gasteiger partial charge in [-0.3, -0.25) is 4.79 Å². The average molecular weight is 264 g/mol. The number of hydrogen-bond donors (Lipinski definition) is 1. The van der Waals surface area contributed by atoms with Crippen LogP contribution in [0.15, 0.2) is 18.2 Å². The highest BCUT2D eigenvalue weighted by molar-refractivity contribution is 5.95. The van der Waals surface area contributed by atoms with E-state index in [9.17, 15) is 4.79 Å². The molecule has 0 aliphatic rings. The highest BCUT2D eigenvalue weighted by atomic mass is 16.2. The summed E-state index contributed by atoms with van der Waals surface area (Å²) in [5.74, 6) is 0.0467. The van der Waals surface area contributed by atoms with Gasteiger partial charge in [0, 0.05) is 23.3 Å². The molecular formula is C16H28N2O. The summed E-state index contributed by atoms with van der Waals surface area (Å²) in [7, 11) is 0. The third-order valence-electron chi connectivity index (χ3n) is 2.69. The van der Waals surface area contributed by atoms with Crippen molar-refractivity contribution >= 4 is 11.6 Å². The number of nitrogen functional groups attached to an aromatic ring is 1. The van der Waals surface area contributed by atoms with Gasteiger partial charge in [0.1, 0.15) is 0 Å². The summed E-state index contributed by atoms with van der Waals surface area (Å²) in [4.78, 5) is 14.3. The SMILES string of the molecule is CC.Cc1cc(N)cc(C(=O)N(C(C)C)C(C)C)c1. The molecule has 0 unspecified atom stereocenters. The first-order chi connectivity index (χ1) is 8.82. The summed E-state index contributed by atoms with van der Waals surface area (Å²) in [6, 6.07) is 5.86. The van der Waals surface area contributed by atoms with Gasteiger partial charge in [0.05, 0.1) is 0 Å². The van der Waals surface area contributed by atoms with Crippen LogP contribution >= 0.6 is 0 Å². The maximum atomic E-state index is 12.4. The Balaban J connectivity index is 0.00000154. The molecule has 0 fully saturated rings. The molecule has 0 bridgehead atoms. The Hall–Kier alpha value is -1.51. The molecule has 3 heteroatoms. The second-order valence-electron chi connectivity index (χ2n) is 5.03. The minimum Gasteiger partial charge on any atom is -0.399 e. The fourth-order valence-corrected chi connectivity index (χ4v) is 2.15. The number of anilines is 1. The lowest BCUT2D eigenvalue weighted by Gasteiger charge is -2.31. The molecule has 0 radical (unpaired) electrons. The normalized spacial score (nSPS) is 10.2. The van der Waals surface area contributed by atoms with Crippen LogP contribution in [0.5, 0.6) is 0 Å². The Morgan fingerprint density at radius 3 is 1.89 bits per heavy atom. The van der Waals surface area contributed by atoms with Crippen LogP contribution in [0.25, 0.3) is 0 Å². The van der Waals surface area contributed by atoms with E-state index >= 15 is 0 Å². The number of amides is 1. The molecule has 1 aromatic carbocycles. The molecule has 108 valence electrons. The molecule has 0 aliphatic carbocycles. The number of carbonyl (C=O) groups is 1. The Bertz CT molecular complexity index is 383. The van der Waals surface area contributed by atoms with E-state index in [1.165, 1.54) is 0 Å². The van der Waals surface area contributed by atoms with Crippen molar-refractivity contribution in [3.05, 3.63) is 29.3 Å². The maximum absolute atomic E-state index is 12.4. The van der Waals surface area contributed by atoms with Crippen LogP contribution in [-0.2, 0) is 0 Å². The van der Waals surface area contributed by atoms with Crippen molar-refractivity contribution in [2.45, 2.75) is 60.5 Å². The van der Waals surface area contributed by atoms with Crippen LogP contribution in [0, 0.1) is 6.92 Å². The van der Waals surface area contributed by atoms with Crippen LogP contribution in [0.3, 0.4) is 0 Å². The van der Waals surface area contributed by atoms with Crippen LogP contribution in [0.4, 0.5) is 5.69 Å². The third kappa shape index (κ3) is 4.93. The van der Waals surface area contributed by atoms with E-state index < -0.39 is 0 Å². The molecule has 0 aromatic heterocycles. The molecule has 1 rings (SSSR count). The quantitative estimate of drug-likeness (QED) is 0.843. The van der Waals surface area contributed by atoms with Crippen molar-refractivity contribution in [2.75, 3.05) is 5.73 Å². The van der Waals surface area contributed by atoms with Crippen molar-refractivity contribution in [3.63, 3.8) is 0 Å². The van der Waals surface area contributed by atoms with Gasteiger partial charge in [0.15, 0.2) is 0 Å². The number of nitrogens with zero attached hydrogens (tertiary/aromatic N) is 1. The molecule has 2 N–H and O–H groups in total. The molecule has 3 nitrogen and oxygen atoms in total. The van der Waals surface area contributed by atoms with Gasteiger partial charge in [-0.2, -0.15) is 0 Å². The van der Waals surface area contributed by atoms with Crippen LogP contribution < -0.4 is 5.73 Å². The molecule has 0 saturated carbocycles. The number of carbonyl (C=O) groups excluding carboxylic acids is 1. The van der Waals surface area contributed by atoms with E-state index in [4.69, 9.17) is 5.73 Å². The monoisotopic (exact) mass is 264 g/mol. The van der Waals surface area contributed by atoms with E-state index in [1.807, 2.05) is 65.5 Å². The van der Waals surface area contributed by atoms with Gasteiger partial charge < -0.3 is 10.6 Å². The lowest BCUT2D eigenvalue weighted by Crippen LogP contribution is -2.42. The van der Waals surface area contributed by atoms with Gasteiger partial charge >= 0.3 is 0 Å². The number of hydrogen-bond acceptors (Lipinski definition) is 2. The lowest BCUT2D eigenvalue weighted by molar-refractivity contribution is 0.0643. The molecule has 0 aliphatic heterocycles. The summed E-state index contributed by atoms with van der Waals surface area (Å²) in [5, 5.41) is 0. The lowest BCUT2D eigenvalue weighted by atomic mass is 10.1. The van der Waals surface area contributed by atoms with Gasteiger partial charge in [-0.15, -0.1) is 0 Å². The Labute approximate surface area is 117 Å². The molecule has 0 saturated heterocycles. The predicted octanol–water partition coefficient (Wildman–Crippen LogP) is 3.86. The molecule has 0 spiro atoms. The van der Waals surface area contributed by atoms with E-state index in [0.29, 0.717) is 11.3 Å². The average Bonchev–Trinajstić information content (AvgIpc) is 2.29. The summed E-state index contributed by atoms with van der Waals surface area (Å²) in [6.45, 7) is 14.0. The first kappa shape index (κ1) is 17.5. The number of rotatable bonds is 3. The van der Waals surface area contributed by atoms with Crippen molar-refractivity contribution in [2.24, 2.45) is 0 Å². The first-order valence-electron chi connectivity index (χ1n) is 7.02. The molecule has 1 aromatic rings. The largest absolute Gasteiger partial charge is 0.399 e. The second-order valence-corrected chi connectivity index (χ2v) is 5.03. The fourth-order valence-electron chi connectivity index (χ4n) is 2.15. The molecule has 1 amide bonds. The summed E-state index contributed by atoms with van der Waals surface area (Å²) in [6.07, 6.45) is 0. The van der Waals surface area contributed by atoms with Gasteiger partial charge in [-0.05, 0) is 58.4 Å². The van der Waals surface area contributed by atoms with E-state index in [1.54, 1.807) is 6.07 Å². The van der Waals surface area contributed by atoms with Crippen molar-refractivity contribution < 1.29 is 4.79 Å². The highest BCUT2D eigenvalue weighted by Crippen LogP contribution is 2.16. The summed E-state index contributed by atoms with van der Waals surface area (Å²) < 4.78 is 0. The number of benzene rings is 1. The summed E-state index contributed by atoms with van der Waals surface area (Å²) in [5.41, 5.74) is 8.10. The minimum absolute atomic E-state index is 0.0467. The standard InChI is InChI=1S/C14H22N2O.C2H6/c1-9(2)16(10(3)4)14(17)12-6-11(5)7-13(15)8-12;1-2/h6-10H,15H2,1-5H3;1-2H3. The van der Waals surface area contributed by atoms with Crippen LogP contribution in [0.1, 0.15) is 57.5 Å². The number of nitrogens with two attached hydrogens (primary N) is 1. The van der Waals surface area contributed by atoms with Crippen molar-refractivity contribution in [3.8, 4) is 0 Å². The zero-order chi connectivity index (χ0) is 15.2. The Morgan fingerprint density at radius 1 is 1.05 bits per heavy atom. The van der Waals surface area contributed by atoms with Gasteiger partial charge in [-0.1, -0.05) is 13.8 Å². The molecule has 19 heavy (non-hydrogen) atoms. The van der Waals surface area contributed by atoms with Gasteiger partial charge in [0.25, 0.3) is 5.91 Å². The third-order valence-corrected chi connectivity index (χ3v) is 2.69. The van der Waals surface area contributed by atoms with Crippen molar-refractivity contribution in [1.29, 1.82) is 0 Å². The predicted molar refractivity (Wildman–Crippen MR) is 83.4 cm³/mol. The molecule has 0 heterocycles. The second kappa shape index (κ2) is 7.82. The number of aryl methyl sites for hydroxylation is 1. The zero-order valence-corrected chi connectivity index (χ0v) is 13.3. The first-order valence-corrected chi connectivity index (χ1v) is 7.02. The smallest absolute Gasteiger partial charge is 0.254 e. The van der Waals surface area contributed by atoms with Crippen molar-refractivity contribution in [1.82, 2.24) is 4.90 Å². The highest BCUT2D eigenvalue weighted by Gasteiger charge is 2.21. The Morgan fingerprint density at radius 2 is 1.53 bits per heavy atom. The van der Waals surface area contributed by atoms with Crippen LogP contribution in [0.2, 0.25) is 0 Å². The molecular weight excluding hydrogens is 236 g/mol. The minimum atomic E-state index is 0.0467. The van der Waals surface area contributed by atoms with E-state index in [0.717, 1.165) is 5.56 Å². The fraction of sp³-hybridized carbons (Fsp3) is 0.562. The molecule has 0 atom stereocenters. The summed E-state index contributed by atoms with van der Waals surface area (Å²) >= 11 is 0. The van der Waals surface area contributed by atoms with E-state index in [-0.39, 0.29) is 18.0 Å². The topological polar surface area (TPSA) is 46.3 Å². The Kier molecular flexibility index (Phi) is 7.20.